The SMILES string of the molecule is Cc1cccc(Cc2cccc[c]2[Ga])n1. The summed E-state index contributed by atoms with van der Waals surface area (Å²) in [5.74, 6) is 0. The van der Waals surface area contributed by atoms with Gasteiger partial charge in [-0.05, 0) is 0 Å². The van der Waals surface area contributed by atoms with Gasteiger partial charge in [0.05, 0.1) is 0 Å². The molecule has 2 radical (unpaired) electrons. The summed E-state index contributed by atoms with van der Waals surface area (Å²) in [5.41, 5.74) is 3.63. The van der Waals surface area contributed by atoms with Crippen LogP contribution in [0.25, 0.3) is 0 Å². The molecule has 0 amide bonds. The molecule has 1 aromatic carbocycles. The molecule has 1 heterocycles. The van der Waals surface area contributed by atoms with E-state index in [0.29, 0.717) is 0 Å². The van der Waals surface area contributed by atoms with Crippen LogP contribution in [0.15, 0.2) is 42.5 Å². The van der Waals surface area contributed by atoms with E-state index >= 15 is 0 Å². The summed E-state index contributed by atoms with van der Waals surface area (Å²) in [6, 6.07) is 14.7. The van der Waals surface area contributed by atoms with Gasteiger partial charge in [-0.2, -0.15) is 0 Å². The first kappa shape index (κ1) is 10.5. The zero-order valence-electron chi connectivity index (χ0n) is 8.77. The van der Waals surface area contributed by atoms with Gasteiger partial charge in [0.2, 0.25) is 0 Å². The Morgan fingerprint density at radius 3 is 2.60 bits per heavy atom. The Hall–Kier alpha value is -0.994. The molecule has 15 heavy (non-hydrogen) atoms. The van der Waals surface area contributed by atoms with Crippen LogP contribution in [-0.4, -0.2) is 23.6 Å². The van der Waals surface area contributed by atoms with Crippen LogP contribution in [0, 0.1) is 6.92 Å². The summed E-state index contributed by atoms with van der Waals surface area (Å²) >= 11 is 1.68. The molecule has 72 valence electrons. The first-order chi connectivity index (χ1) is 7.25. The number of hydrogen-bond donors (Lipinski definition) is 0. The van der Waals surface area contributed by atoms with Crippen molar-refractivity contribution in [3.05, 3.63) is 59.4 Å². The Bertz CT molecular complexity index is 466. The molecule has 0 bridgehead atoms. The maximum atomic E-state index is 4.52. The van der Waals surface area contributed by atoms with E-state index in [9.17, 15) is 0 Å². The summed E-state index contributed by atoms with van der Waals surface area (Å²) in [4.78, 5) is 4.52. The van der Waals surface area contributed by atoms with E-state index in [4.69, 9.17) is 0 Å². The van der Waals surface area contributed by atoms with Crippen molar-refractivity contribution in [2.75, 3.05) is 0 Å². The minimum absolute atomic E-state index is 0.941. The van der Waals surface area contributed by atoms with Crippen LogP contribution in [-0.2, 0) is 6.42 Å². The average Bonchev–Trinajstić information content (AvgIpc) is 2.22. The van der Waals surface area contributed by atoms with E-state index in [2.05, 4.69) is 41.4 Å². The predicted molar refractivity (Wildman–Crippen MR) is 63.6 cm³/mol. The van der Waals surface area contributed by atoms with Crippen molar-refractivity contribution < 1.29 is 0 Å². The van der Waals surface area contributed by atoms with Crippen LogP contribution in [0.4, 0.5) is 0 Å². The van der Waals surface area contributed by atoms with E-state index in [1.807, 2.05) is 13.0 Å². The first-order valence-corrected chi connectivity index (χ1v) is 6.23. The van der Waals surface area contributed by atoms with Crippen molar-refractivity contribution in [3.8, 4) is 0 Å². The number of nitrogens with zero attached hydrogens (tertiary/aromatic N) is 1. The van der Waals surface area contributed by atoms with E-state index in [1.165, 1.54) is 9.68 Å². The molecular weight excluding hydrogens is 240 g/mol. The summed E-state index contributed by atoms with van der Waals surface area (Å²) < 4.78 is 1.40. The van der Waals surface area contributed by atoms with Gasteiger partial charge in [-0.1, -0.05) is 0 Å². The molecule has 0 fully saturated rings. The molecule has 1 nitrogen and oxygen atoms in total. The van der Waals surface area contributed by atoms with Gasteiger partial charge in [-0.3, -0.25) is 0 Å². The van der Waals surface area contributed by atoms with E-state index < -0.39 is 0 Å². The molecule has 1 aromatic heterocycles. The Morgan fingerprint density at radius 1 is 1.07 bits per heavy atom. The second-order valence-corrected chi connectivity index (χ2v) is 4.95. The molecule has 0 aliphatic carbocycles. The third kappa shape index (κ3) is 2.73. The first-order valence-electron chi connectivity index (χ1n) is 5.01. The summed E-state index contributed by atoms with van der Waals surface area (Å²) in [5, 5.41) is 0. The fraction of sp³-hybridized carbons (Fsp3) is 0.154. The number of rotatable bonds is 2. The molecule has 0 N–H and O–H groups in total. The van der Waals surface area contributed by atoms with Crippen LogP contribution in [0.5, 0.6) is 0 Å². The molecule has 0 aliphatic heterocycles. The van der Waals surface area contributed by atoms with Crippen molar-refractivity contribution in [1.82, 2.24) is 4.98 Å². The summed E-state index contributed by atoms with van der Waals surface area (Å²) in [6.07, 6.45) is 0.941. The number of hydrogen-bond acceptors (Lipinski definition) is 1. The Morgan fingerprint density at radius 2 is 1.87 bits per heavy atom. The minimum atomic E-state index is 0.941. The number of pyridine rings is 1. The summed E-state index contributed by atoms with van der Waals surface area (Å²) in [6.45, 7) is 2.03. The molecule has 0 saturated carbocycles. The van der Waals surface area contributed by atoms with Gasteiger partial charge in [0.15, 0.2) is 0 Å². The molecule has 0 saturated heterocycles. The van der Waals surface area contributed by atoms with Crippen molar-refractivity contribution >= 4 is 22.7 Å². The second-order valence-electron chi connectivity index (χ2n) is 3.65. The van der Waals surface area contributed by atoms with Gasteiger partial charge < -0.3 is 0 Å². The van der Waals surface area contributed by atoms with Crippen molar-refractivity contribution in [2.24, 2.45) is 0 Å². The van der Waals surface area contributed by atoms with E-state index in [-0.39, 0.29) is 0 Å². The standard InChI is InChI=1S/C13H12N.Ga/c1-11-6-5-9-13(14-11)10-12-7-3-2-4-8-12;/h2-7,9H,10H2,1H3;. The molecule has 2 rings (SSSR count). The Kier molecular flexibility index (Phi) is 3.29. The number of benzene rings is 1. The quantitative estimate of drug-likeness (QED) is 0.742. The van der Waals surface area contributed by atoms with Gasteiger partial charge in [-0.25, -0.2) is 0 Å². The van der Waals surface area contributed by atoms with E-state index in [1.54, 1.807) is 18.6 Å². The average molecular weight is 252 g/mol. The van der Waals surface area contributed by atoms with Crippen LogP contribution in [0.2, 0.25) is 0 Å². The van der Waals surface area contributed by atoms with Crippen LogP contribution in [0.1, 0.15) is 17.0 Å². The topological polar surface area (TPSA) is 12.9 Å². The van der Waals surface area contributed by atoms with E-state index in [0.717, 1.165) is 17.8 Å². The van der Waals surface area contributed by atoms with Gasteiger partial charge in [-0.15, -0.1) is 0 Å². The second kappa shape index (κ2) is 4.68. The Labute approximate surface area is 100 Å². The summed E-state index contributed by atoms with van der Waals surface area (Å²) in [7, 11) is 0. The molecule has 2 heteroatoms. The van der Waals surface area contributed by atoms with Gasteiger partial charge in [0.1, 0.15) is 0 Å². The monoisotopic (exact) mass is 251 g/mol. The fourth-order valence-electron chi connectivity index (χ4n) is 1.59. The van der Waals surface area contributed by atoms with Crippen LogP contribution >= 0.6 is 0 Å². The maximum absolute atomic E-state index is 4.52. The van der Waals surface area contributed by atoms with Gasteiger partial charge in [0, 0.05) is 0 Å². The predicted octanol–water partition coefficient (Wildman–Crippen LogP) is 1.77. The van der Waals surface area contributed by atoms with Gasteiger partial charge in [0.25, 0.3) is 0 Å². The zero-order chi connectivity index (χ0) is 10.7. The van der Waals surface area contributed by atoms with Gasteiger partial charge >= 0.3 is 100 Å². The Balaban J connectivity index is 2.26. The molecule has 0 unspecified atom stereocenters. The third-order valence-electron chi connectivity index (χ3n) is 2.37. The number of aryl methyl sites for hydroxylation is 1. The van der Waals surface area contributed by atoms with Crippen molar-refractivity contribution in [3.63, 3.8) is 0 Å². The normalized spacial score (nSPS) is 10.2. The number of aromatic nitrogens is 1. The zero-order valence-corrected chi connectivity index (χ0v) is 11.2. The molecular formula is C13H12GaN. The van der Waals surface area contributed by atoms with Crippen LogP contribution < -0.4 is 4.12 Å². The van der Waals surface area contributed by atoms with Crippen molar-refractivity contribution in [2.45, 2.75) is 13.3 Å². The molecule has 0 atom stereocenters. The molecule has 0 aliphatic rings. The van der Waals surface area contributed by atoms with Crippen LogP contribution in [0.3, 0.4) is 0 Å². The molecule has 0 spiro atoms. The molecule has 2 aromatic rings. The van der Waals surface area contributed by atoms with Crippen molar-refractivity contribution in [1.29, 1.82) is 0 Å². The third-order valence-corrected chi connectivity index (χ3v) is 3.55. The fourth-order valence-corrected chi connectivity index (χ4v) is 2.24.